The van der Waals surface area contributed by atoms with Crippen LogP contribution in [0.1, 0.15) is 15.9 Å². The van der Waals surface area contributed by atoms with E-state index in [0.29, 0.717) is 22.3 Å². The predicted octanol–water partition coefficient (Wildman–Crippen LogP) is 3.42. The van der Waals surface area contributed by atoms with Crippen molar-refractivity contribution in [3.8, 4) is 5.75 Å². The van der Waals surface area contributed by atoms with Gasteiger partial charge in [-0.25, -0.2) is 4.79 Å². The van der Waals surface area contributed by atoms with Crippen LogP contribution < -0.4 is 5.32 Å². The third-order valence-corrected chi connectivity index (χ3v) is 5.01. The Balaban J connectivity index is 1.70. The second-order valence-corrected chi connectivity index (χ2v) is 7.33. The maximum atomic E-state index is 12.5. The molecular formula is C19H13ClN2O6S. The van der Waals surface area contributed by atoms with Gasteiger partial charge in [-0.3, -0.25) is 19.3 Å². The summed E-state index contributed by atoms with van der Waals surface area (Å²) in [5, 5.41) is 20.8. The van der Waals surface area contributed by atoms with Gasteiger partial charge < -0.3 is 15.5 Å². The van der Waals surface area contributed by atoms with Gasteiger partial charge in [-0.2, -0.15) is 0 Å². The second kappa shape index (κ2) is 8.38. The fraction of sp³-hybridized carbons (Fsp3) is 0.0526. The average molecular weight is 433 g/mol. The Kier molecular flexibility index (Phi) is 5.90. The Labute approximate surface area is 173 Å². The van der Waals surface area contributed by atoms with Crippen molar-refractivity contribution < 1.29 is 29.4 Å². The molecule has 1 fully saturated rings. The number of anilines is 1. The summed E-state index contributed by atoms with van der Waals surface area (Å²) in [7, 11) is 0. The first-order valence-corrected chi connectivity index (χ1v) is 9.31. The van der Waals surface area contributed by atoms with Gasteiger partial charge in [0.1, 0.15) is 17.9 Å². The molecule has 3 rings (SSSR count). The number of hydrogen-bond donors (Lipinski definition) is 3. The molecule has 1 heterocycles. The van der Waals surface area contributed by atoms with E-state index in [0.717, 1.165) is 17.0 Å². The first kappa shape index (κ1) is 20.4. The second-order valence-electron chi connectivity index (χ2n) is 5.90. The van der Waals surface area contributed by atoms with E-state index in [4.69, 9.17) is 16.7 Å². The fourth-order valence-corrected chi connectivity index (χ4v) is 3.44. The van der Waals surface area contributed by atoms with Crippen LogP contribution in [0.25, 0.3) is 6.08 Å². The van der Waals surface area contributed by atoms with Crippen molar-refractivity contribution in [3.63, 3.8) is 0 Å². The van der Waals surface area contributed by atoms with E-state index in [1.54, 1.807) is 24.3 Å². The number of carboxylic acids is 1. The summed E-state index contributed by atoms with van der Waals surface area (Å²) in [5.41, 5.74) is 0.392. The van der Waals surface area contributed by atoms with E-state index in [1.807, 2.05) is 0 Å². The Morgan fingerprint density at radius 3 is 2.48 bits per heavy atom. The molecule has 0 aromatic heterocycles. The summed E-state index contributed by atoms with van der Waals surface area (Å²) in [6, 6.07) is 10.2. The lowest BCUT2D eigenvalue weighted by molar-refractivity contribution is -0.127. The highest BCUT2D eigenvalue weighted by atomic mass is 35.5. The van der Waals surface area contributed by atoms with E-state index in [9.17, 15) is 24.3 Å². The molecule has 148 valence electrons. The van der Waals surface area contributed by atoms with Gasteiger partial charge >= 0.3 is 5.97 Å². The van der Waals surface area contributed by atoms with Crippen LogP contribution in [-0.4, -0.2) is 44.7 Å². The molecule has 0 aliphatic carbocycles. The number of phenols is 1. The highest BCUT2D eigenvalue weighted by Crippen LogP contribution is 2.32. The molecule has 1 aliphatic rings. The molecule has 0 unspecified atom stereocenters. The molecule has 2 aromatic carbocycles. The molecule has 0 spiro atoms. The van der Waals surface area contributed by atoms with Gasteiger partial charge in [-0.05, 0) is 53.7 Å². The number of carbonyl (C=O) groups excluding carboxylic acids is 3. The lowest BCUT2D eigenvalue weighted by Crippen LogP contribution is -2.36. The number of halogens is 1. The minimum absolute atomic E-state index is 0.105. The van der Waals surface area contributed by atoms with Crippen molar-refractivity contribution in [1.29, 1.82) is 0 Å². The number of aromatic carboxylic acids is 1. The molecular weight excluding hydrogens is 420 g/mol. The topological polar surface area (TPSA) is 124 Å². The molecule has 8 nitrogen and oxygen atoms in total. The van der Waals surface area contributed by atoms with E-state index < -0.39 is 35.3 Å². The standard InChI is InChI=1S/C19H13ClN2O6S/c20-11-3-1-10(2-4-11)7-15-17(25)22(19(28)29-15)9-16(24)21-12-5-6-14(23)13(8-12)18(26)27/h1-8,23H,9H2,(H,21,24)(H,26,27)/b15-7-. The number of carbonyl (C=O) groups is 4. The van der Waals surface area contributed by atoms with Gasteiger partial charge in [0.15, 0.2) is 0 Å². The largest absolute Gasteiger partial charge is 0.507 e. The molecule has 0 saturated carbocycles. The van der Waals surface area contributed by atoms with Gasteiger partial charge in [-0.15, -0.1) is 0 Å². The number of thioether (sulfide) groups is 1. The van der Waals surface area contributed by atoms with Crippen molar-refractivity contribution >= 4 is 58.1 Å². The van der Waals surface area contributed by atoms with Crippen LogP contribution in [0.5, 0.6) is 5.75 Å². The summed E-state index contributed by atoms with van der Waals surface area (Å²) in [4.78, 5) is 48.8. The average Bonchev–Trinajstić information content (AvgIpc) is 2.92. The number of benzene rings is 2. The number of nitrogens with zero attached hydrogens (tertiary/aromatic N) is 1. The summed E-state index contributed by atoms with van der Waals surface area (Å²) >= 11 is 6.53. The number of nitrogens with one attached hydrogen (secondary N) is 1. The lowest BCUT2D eigenvalue weighted by Gasteiger charge is -2.13. The number of aromatic hydroxyl groups is 1. The van der Waals surface area contributed by atoms with Gasteiger partial charge in [0.05, 0.1) is 4.91 Å². The molecule has 1 saturated heterocycles. The minimum atomic E-state index is -1.36. The molecule has 0 radical (unpaired) electrons. The third kappa shape index (κ3) is 4.76. The normalized spacial score (nSPS) is 15.1. The van der Waals surface area contributed by atoms with Crippen LogP contribution in [0, 0.1) is 0 Å². The fourth-order valence-electron chi connectivity index (χ4n) is 2.48. The number of hydrogen-bond acceptors (Lipinski definition) is 6. The molecule has 0 atom stereocenters. The van der Waals surface area contributed by atoms with Crippen LogP contribution in [0.2, 0.25) is 5.02 Å². The Hall–Kier alpha value is -3.30. The number of rotatable bonds is 5. The zero-order valence-corrected chi connectivity index (χ0v) is 16.2. The van der Waals surface area contributed by atoms with Crippen molar-refractivity contribution in [2.24, 2.45) is 0 Å². The number of imide groups is 1. The van der Waals surface area contributed by atoms with Crippen molar-refractivity contribution in [1.82, 2.24) is 4.90 Å². The molecule has 3 amide bonds. The van der Waals surface area contributed by atoms with Crippen LogP contribution in [0.4, 0.5) is 10.5 Å². The van der Waals surface area contributed by atoms with Gasteiger partial charge in [0, 0.05) is 10.7 Å². The maximum Gasteiger partial charge on any atom is 0.339 e. The SMILES string of the molecule is O=C(CN1C(=O)S/C(=C\c2ccc(Cl)cc2)C1=O)Nc1ccc(O)c(C(=O)O)c1. The highest BCUT2D eigenvalue weighted by Gasteiger charge is 2.36. The molecule has 0 bridgehead atoms. The van der Waals surface area contributed by atoms with Crippen molar-refractivity contribution in [2.75, 3.05) is 11.9 Å². The highest BCUT2D eigenvalue weighted by molar-refractivity contribution is 8.18. The van der Waals surface area contributed by atoms with Crippen molar-refractivity contribution in [2.45, 2.75) is 0 Å². The monoisotopic (exact) mass is 432 g/mol. The maximum absolute atomic E-state index is 12.5. The summed E-state index contributed by atoms with van der Waals surface area (Å²) < 4.78 is 0. The van der Waals surface area contributed by atoms with E-state index in [-0.39, 0.29) is 16.2 Å². The van der Waals surface area contributed by atoms with E-state index >= 15 is 0 Å². The molecule has 1 aliphatic heterocycles. The molecule has 29 heavy (non-hydrogen) atoms. The van der Waals surface area contributed by atoms with Crippen LogP contribution >= 0.6 is 23.4 Å². The number of amides is 3. The van der Waals surface area contributed by atoms with Gasteiger partial charge in [0.25, 0.3) is 11.1 Å². The lowest BCUT2D eigenvalue weighted by atomic mass is 10.2. The molecule has 2 aromatic rings. The Morgan fingerprint density at radius 2 is 1.83 bits per heavy atom. The zero-order valence-electron chi connectivity index (χ0n) is 14.6. The first-order chi connectivity index (χ1) is 13.7. The smallest absolute Gasteiger partial charge is 0.339 e. The van der Waals surface area contributed by atoms with E-state index in [1.165, 1.54) is 12.1 Å². The van der Waals surface area contributed by atoms with E-state index in [2.05, 4.69) is 5.32 Å². The number of carboxylic acid groups (broad SMARTS) is 1. The Morgan fingerprint density at radius 1 is 1.14 bits per heavy atom. The van der Waals surface area contributed by atoms with Crippen LogP contribution in [0.3, 0.4) is 0 Å². The van der Waals surface area contributed by atoms with Crippen LogP contribution in [-0.2, 0) is 9.59 Å². The minimum Gasteiger partial charge on any atom is -0.507 e. The summed E-state index contributed by atoms with van der Waals surface area (Å²) in [5.74, 6) is -3.12. The Bertz CT molecular complexity index is 1050. The third-order valence-electron chi connectivity index (χ3n) is 3.85. The van der Waals surface area contributed by atoms with Gasteiger partial charge in [-0.1, -0.05) is 23.7 Å². The summed E-state index contributed by atoms with van der Waals surface area (Å²) in [6.07, 6.45) is 1.53. The van der Waals surface area contributed by atoms with Crippen molar-refractivity contribution in [3.05, 3.63) is 63.5 Å². The predicted molar refractivity (Wildman–Crippen MR) is 108 cm³/mol. The summed E-state index contributed by atoms with van der Waals surface area (Å²) in [6.45, 7) is -0.536. The zero-order chi connectivity index (χ0) is 21.1. The molecule has 10 heteroatoms. The quantitative estimate of drug-likeness (QED) is 0.488. The van der Waals surface area contributed by atoms with Gasteiger partial charge in [0.2, 0.25) is 5.91 Å². The van der Waals surface area contributed by atoms with Crippen LogP contribution in [0.15, 0.2) is 47.4 Å². The first-order valence-electron chi connectivity index (χ1n) is 8.11. The molecule has 3 N–H and O–H groups in total.